The van der Waals surface area contributed by atoms with Crippen LogP contribution in [0.1, 0.15) is 13.8 Å². The maximum atomic E-state index is 11.4. The largest absolute Gasteiger partial charge is 0.468 e. The molecule has 0 aliphatic heterocycles. The molecule has 0 aliphatic rings. The number of rotatable bonds is 6. The van der Waals surface area contributed by atoms with E-state index in [1.54, 1.807) is 13.8 Å². The highest BCUT2D eigenvalue weighted by molar-refractivity contribution is 7.90. The molecule has 0 aromatic carbocycles. The van der Waals surface area contributed by atoms with Crippen molar-refractivity contribution in [2.75, 3.05) is 19.4 Å². The number of hydrogen-bond acceptors (Lipinski definition) is 5. The Kier molecular flexibility index (Phi) is 5.30. The standard InChI is InChI=1S/C8H16N2O4S2/c1-8(2,7(9)15)5-10-16(12,13)4-6(11)14-3/h10H,4-5H2,1-3H3,(H2,9,15). The summed E-state index contributed by atoms with van der Waals surface area (Å²) < 4.78 is 29.3. The second kappa shape index (κ2) is 5.55. The molecule has 0 aliphatic carbocycles. The number of nitrogens with one attached hydrogen (secondary N) is 1. The maximum Gasteiger partial charge on any atom is 0.322 e. The first kappa shape index (κ1) is 15.3. The van der Waals surface area contributed by atoms with Gasteiger partial charge in [0.05, 0.1) is 12.1 Å². The average Bonchev–Trinajstić information content (AvgIpc) is 2.14. The maximum absolute atomic E-state index is 11.4. The minimum absolute atomic E-state index is 0.0433. The van der Waals surface area contributed by atoms with Crippen molar-refractivity contribution >= 4 is 33.2 Å². The monoisotopic (exact) mass is 268 g/mol. The van der Waals surface area contributed by atoms with Crippen molar-refractivity contribution in [2.45, 2.75) is 13.8 Å². The molecule has 0 radical (unpaired) electrons. The fourth-order valence-electron chi connectivity index (χ4n) is 0.643. The van der Waals surface area contributed by atoms with Gasteiger partial charge in [-0.3, -0.25) is 4.79 Å². The SMILES string of the molecule is COC(=O)CS(=O)(=O)NCC(C)(C)C(N)=S. The number of thiocarbonyl (C=S) groups is 1. The molecule has 0 amide bonds. The van der Waals surface area contributed by atoms with E-state index in [-0.39, 0.29) is 11.5 Å². The molecule has 0 heterocycles. The predicted molar refractivity (Wildman–Crippen MR) is 64.4 cm³/mol. The summed E-state index contributed by atoms with van der Waals surface area (Å²) >= 11 is 4.78. The van der Waals surface area contributed by atoms with Gasteiger partial charge in [0.15, 0.2) is 5.75 Å². The van der Waals surface area contributed by atoms with E-state index in [1.807, 2.05) is 0 Å². The van der Waals surface area contributed by atoms with Crippen molar-refractivity contribution in [3.63, 3.8) is 0 Å². The number of sulfonamides is 1. The van der Waals surface area contributed by atoms with E-state index >= 15 is 0 Å². The lowest BCUT2D eigenvalue weighted by molar-refractivity contribution is -0.137. The van der Waals surface area contributed by atoms with Crippen LogP contribution in [-0.2, 0) is 19.6 Å². The molecule has 0 bridgehead atoms. The molecule has 94 valence electrons. The lowest BCUT2D eigenvalue weighted by atomic mass is 9.94. The number of nitrogens with two attached hydrogens (primary N) is 1. The van der Waals surface area contributed by atoms with Crippen LogP contribution in [0.5, 0.6) is 0 Å². The van der Waals surface area contributed by atoms with Gasteiger partial charge in [0.1, 0.15) is 0 Å². The Balaban J connectivity index is 4.41. The summed E-state index contributed by atoms with van der Waals surface area (Å²) in [5.74, 6) is -1.53. The molecular formula is C8H16N2O4S2. The molecule has 0 spiro atoms. The normalized spacial score (nSPS) is 12.2. The number of hydrogen-bond donors (Lipinski definition) is 2. The van der Waals surface area contributed by atoms with Crippen molar-refractivity contribution in [2.24, 2.45) is 11.1 Å². The van der Waals surface area contributed by atoms with Crippen LogP contribution < -0.4 is 10.5 Å². The molecule has 16 heavy (non-hydrogen) atoms. The van der Waals surface area contributed by atoms with E-state index in [9.17, 15) is 13.2 Å². The third kappa shape index (κ3) is 5.38. The summed E-state index contributed by atoms with van der Waals surface area (Å²) in [4.78, 5) is 11.0. The van der Waals surface area contributed by atoms with Crippen LogP contribution in [0.15, 0.2) is 0 Å². The quantitative estimate of drug-likeness (QED) is 0.492. The smallest absolute Gasteiger partial charge is 0.322 e. The van der Waals surface area contributed by atoms with Crippen molar-refractivity contribution in [1.82, 2.24) is 4.72 Å². The Labute approximate surface area is 101 Å². The summed E-state index contributed by atoms with van der Waals surface area (Å²) in [5, 5.41) is 0. The van der Waals surface area contributed by atoms with Crippen LogP contribution in [0.4, 0.5) is 0 Å². The fraction of sp³-hybridized carbons (Fsp3) is 0.750. The van der Waals surface area contributed by atoms with Crippen LogP contribution in [0.3, 0.4) is 0 Å². The Hall–Kier alpha value is -0.730. The Morgan fingerprint density at radius 1 is 1.50 bits per heavy atom. The topological polar surface area (TPSA) is 98.5 Å². The molecule has 0 rings (SSSR count). The zero-order valence-corrected chi connectivity index (χ0v) is 11.1. The van der Waals surface area contributed by atoms with E-state index in [4.69, 9.17) is 18.0 Å². The van der Waals surface area contributed by atoms with Gasteiger partial charge in [-0.1, -0.05) is 26.1 Å². The third-order valence-corrected chi connectivity index (χ3v) is 3.69. The summed E-state index contributed by atoms with van der Waals surface area (Å²) in [7, 11) is -2.58. The van der Waals surface area contributed by atoms with Crippen molar-refractivity contribution in [1.29, 1.82) is 0 Å². The highest BCUT2D eigenvalue weighted by Crippen LogP contribution is 2.13. The molecule has 0 aromatic heterocycles. The lowest BCUT2D eigenvalue weighted by Gasteiger charge is -2.22. The summed E-state index contributed by atoms with van der Waals surface area (Å²) in [5.41, 5.74) is 4.79. The number of carbonyl (C=O) groups excluding carboxylic acids is 1. The van der Waals surface area contributed by atoms with E-state index in [0.29, 0.717) is 0 Å². The third-order valence-electron chi connectivity index (χ3n) is 1.94. The van der Waals surface area contributed by atoms with E-state index in [0.717, 1.165) is 7.11 Å². The van der Waals surface area contributed by atoms with Crippen LogP contribution >= 0.6 is 12.2 Å². The van der Waals surface area contributed by atoms with Gasteiger partial charge in [0, 0.05) is 12.0 Å². The highest BCUT2D eigenvalue weighted by Gasteiger charge is 2.25. The highest BCUT2D eigenvalue weighted by atomic mass is 32.2. The zero-order chi connectivity index (χ0) is 13.0. The van der Waals surface area contributed by atoms with Gasteiger partial charge in [0.25, 0.3) is 0 Å². The molecule has 0 atom stereocenters. The molecule has 0 saturated heterocycles. The van der Waals surface area contributed by atoms with Gasteiger partial charge in [-0.25, -0.2) is 13.1 Å². The second-order valence-corrected chi connectivity index (χ2v) is 6.15. The molecule has 0 aromatic rings. The van der Waals surface area contributed by atoms with Gasteiger partial charge in [-0.15, -0.1) is 0 Å². The molecule has 3 N–H and O–H groups in total. The minimum atomic E-state index is -3.70. The van der Waals surface area contributed by atoms with Crippen molar-refractivity contribution < 1.29 is 17.9 Å². The van der Waals surface area contributed by atoms with E-state index < -0.39 is 27.2 Å². The van der Waals surface area contributed by atoms with Crippen molar-refractivity contribution in [3.8, 4) is 0 Å². The van der Waals surface area contributed by atoms with Crippen LogP contribution in [0.25, 0.3) is 0 Å². The first-order chi connectivity index (χ1) is 7.10. The number of ether oxygens (including phenoxy) is 1. The first-order valence-electron chi connectivity index (χ1n) is 4.45. The van der Waals surface area contributed by atoms with Gasteiger partial charge in [-0.05, 0) is 0 Å². The summed E-state index contributed by atoms with van der Waals surface area (Å²) in [6.45, 7) is 3.45. The molecule has 8 heteroatoms. The van der Waals surface area contributed by atoms with Gasteiger partial charge >= 0.3 is 5.97 Å². The van der Waals surface area contributed by atoms with Crippen LogP contribution in [0.2, 0.25) is 0 Å². The number of esters is 1. The molecule has 0 saturated carbocycles. The summed E-state index contributed by atoms with van der Waals surface area (Å²) in [6, 6.07) is 0. The van der Waals surface area contributed by atoms with Gasteiger partial charge in [-0.2, -0.15) is 0 Å². The molecule has 6 nitrogen and oxygen atoms in total. The lowest BCUT2D eigenvalue weighted by Crippen LogP contribution is -2.43. The zero-order valence-electron chi connectivity index (χ0n) is 9.44. The average molecular weight is 268 g/mol. The second-order valence-electron chi connectivity index (χ2n) is 3.90. The molecule has 0 unspecified atom stereocenters. The first-order valence-corrected chi connectivity index (χ1v) is 6.51. The molecule has 0 fully saturated rings. The van der Waals surface area contributed by atoms with Crippen molar-refractivity contribution in [3.05, 3.63) is 0 Å². The van der Waals surface area contributed by atoms with Crippen LogP contribution in [0, 0.1) is 5.41 Å². The van der Waals surface area contributed by atoms with Gasteiger partial charge < -0.3 is 10.5 Å². The summed E-state index contributed by atoms with van der Waals surface area (Å²) in [6.07, 6.45) is 0. The van der Waals surface area contributed by atoms with E-state index in [1.165, 1.54) is 0 Å². The Morgan fingerprint density at radius 3 is 2.38 bits per heavy atom. The Morgan fingerprint density at radius 2 is 2.00 bits per heavy atom. The minimum Gasteiger partial charge on any atom is -0.468 e. The Bertz CT molecular complexity index is 375. The van der Waals surface area contributed by atoms with E-state index in [2.05, 4.69) is 9.46 Å². The van der Waals surface area contributed by atoms with Crippen LogP contribution in [-0.4, -0.2) is 38.8 Å². The molecular weight excluding hydrogens is 252 g/mol. The fourth-order valence-corrected chi connectivity index (χ4v) is 1.83. The van der Waals surface area contributed by atoms with Gasteiger partial charge in [0.2, 0.25) is 10.0 Å². The predicted octanol–water partition coefficient (Wildman–Crippen LogP) is -0.609. The number of methoxy groups -OCH3 is 1. The number of carbonyl (C=O) groups is 1.